The molecular formula is C14H24N2S. The van der Waals surface area contributed by atoms with Gasteiger partial charge in [-0.15, -0.1) is 11.3 Å². The standard InChI is InChI=1S/C14H24N2S/c1-10(2)14(13-5-4-6-17-13)16-8-11(3)7-12(15)9-16/h4-6,10-12,14H,7-9,15H2,1-3H3. The van der Waals surface area contributed by atoms with Crippen LogP contribution in [0.25, 0.3) is 0 Å². The summed E-state index contributed by atoms with van der Waals surface area (Å²) < 4.78 is 0. The Hall–Kier alpha value is -0.380. The van der Waals surface area contributed by atoms with E-state index >= 15 is 0 Å². The number of nitrogens with zero attached hydrogens (tertiary/aromatic N) is 1. The van der Waals surface area contributed by atoms with Gasteiger partial charge < -0.3 is 5.73 Å². The predicted octanol–water partition coefficient (Wildman–Crippen LogP) is 3.11. The van der Waals surface area contributed by atoms with Gasteiger partial charge >= 0.3 is 0 Å². The fraction of sp³-hybridized carbons (Fsp3) is 0.714. The first kappa shape index (κ1) is 13.1. The Balaban J connectivity index is 2.16. The Bertz CT molecular complexity index is 324. The van der Waals surface area contributed by atoms with Crippen LogP contribution in [-0.2, 0) is 0 Å². The topological polar surface area (TPSA) is 29.3 Å². The molecule has 96 valence electrons. The predicted molar refractivity (Wildman–Crippen MR) is 75.2 cm³/mol. The normalized spacial score (nSPS) is 28.5. The van der Waals surface area contributed by atoms with Crippen molar-refractivity contribution >= 4 is 11.3 Å². The molecule has 0 saturated carbocycles. The van der Waals surface area contributed by atoms with Crippen LogP contribution in [0.2, 0.25) is 0 Å². The van der Waals surface area contributed by atoms with E-state index in [0.29, 0.717) is 18.0 Å². The summed E-state index contributed by atoms with van der Waals surface area (Å²) in [7, 11) is 0. The molecule has 2 heterocycles. The van der Waals surface area contributed by atoms with Crippen molar-refractivity contribution in [1.29, 1.82) is 0 Å². The maximum absolute atomic E-state index is 6.17. The first-order valence-corrected chi connectivity index (χ1v) is 7.49. The third kappa shape index (κ3) is 3.09. The average Bonchev–Trinajstić information content (AvgIpc) is 2.68. The quantitative estimate of drug-likeness (QED) is 0.895. The molecule has 0 bridgehead atoms. The van der Waals surface area contributed by atoms with Crippen molar-refractivity contribution < 1.29 is 0 Å². The second kappa shape index (κ2) is 5.51. The highest BCUT2D eigenvalue weighted by atomic mass is 32.1. The lowest BCUT2D eigenvalue weighted by Gasteiger charge is -2.41. The number of rotatable bonds is 3. The van der Waals surface area contributed by atoms with Crippen molar-refractivity contribution in [2.75, 3.05) is 13.1 Å². The highest BCUT2D eigenvalue weighted by Crippen LogP contribution is 2.34. The highest BCUT2D eigenvalue weighted by molar-refractivity contribution is 7.10. The molecule has 1 fully saturated rings. The van der Waals surface area contributed by atoms with Crippen molar-refractivity contribution in [1.82, 2.24) is 4.90 Å². The van der Waals surface area contributed by atoms with Crippen LogP contribution in [0.1, 0.15) is 38.1 Å². The van der Waals surface area contributed by atoms with Crippen LogP contribution in [0.4, 0.5) is 0 Å². The second-order valence-corrected chi connectivity index (χ2v) is 6.74. The Labute approximate surface area is 109 Å². The fourth-order valence-electron chi connectivity index (χ4n) is 3.06. The van der Waals surface area contributed by atoms with E-state index in [2.05, 4.69) is 43.2 Å². The maximum atomic E-state index is 6.17. The number of hydrogen-bond donors (Lipinski definition) is 1. The summed E-state index contributed by atoms with van der Waals surface area (Å²) in [6.07, 6.45) is 1.17. The van der Waals surface area contributed by atoms with E-state index < -0.39 is 0 Å². The van der Waals surface area contributed by atoms with Crippen molar-refractivity contribution in [2.45, 2.75) is 39.3 Å². The molecule has 2 nitrogen and oxygen atoms in total. The molecule has 0 radical (unpaired) electrons. The molecule has 0 spiro atoms. The molecule has 3 heteroatoms. The number of likely N-dealkylation sites (tertiary alicyclic amines) is 1. The maximum Gasteiger partial charge on any atom is 0.0465 e. The molecule has 0 amide bonds. The van der Waals surface area contributed by atoms with Crippen LogP contribution in [0.5, 0.6) is 0 Å². The smallest absolute Gasteiger partial charge is 0.0465 e. The number of hydrogen-bond acceptors (Lipinski definition) is 3. The van der Waals surface area contributed by atoms with E-state index in [1.807, 2.05) is 11.3 Å². The zero-order chi connectivity index (χ0) is 12.4. The molecule has 3 unspecified atom stereocenters. The van der Waals surface area contributed by atoms with Gasteiger partial charge in [0, 0.05) is 30.1 Å². The second-order valence-electron chi connectivity index (χ2n) is 5.76. The molecule has 1 aromatic heterocycles. The van der Waals surface area contributed by atoms with Crippen molar-refractivity contribution in [3.63, 3.8) is 0 Å². The summed E-state index contributed by atoms with van der Waals surface area (Å²) in [6, 6.07) is 5.31. The number of nitrogens with two attached hydrogens (primary N) is 1. The van der Waals surface area contributed by atoms with E-state index in [1.165, 1.54) is 17.8 Å². The van der Waals surface area contributed by atoms with Crippen LogP contribution in [-0.4, -0.2) is 24.0 Å². The minimum Gasteiger partial charge on any atom is -0.327 e. The SMILES string of the molecule is CC1CC(N)CN(C(c2cccs2)C(C)C)C1. The number of thiophene rings is 1. The molecule has 2 rings (SSSR count). The third-order valence-electron chi connectivity index (χ3n) is 3.58. The van der Waals surface area contributed by atoms with Crippen LogP contribution in [0.3, 0.4) is 0 Å². The zero-order valence-electron chi connectivity index (χ0n) is 11.1. The Morgan fingerprint density at radius 3 is 2.71 bits per heavy atom. The largest absolute Gasteiger partial charge is 0.327 e. The molecule has 0 aromatic carbocycles. The molecule has 3 atom stereocenters. The summed E-state index contributed by atoms with van der Waals surface area (Å²) in [5.41, 5.74) is 6.17. The van der Waals surface area contributed by atoms with E-state index in [9.17, 15) is 0 Å². The fourth-order valence-corrected chi connectivity index (χ4v) is 4.09. The van der Waals surface area contributed by atoms with Gasteiger partial charge in [0.1, 0.15) is 0 Å². The van der Waals surface area contributed by atoms with Gasteiger partial charge in [0.25, 0.3) is 0 Å². The molecule has 1 aliphatic heterocycles. The van der Waals surface area contributed by atoms with E-state index in [-0.39, 0.29) is 0 Å². The summed E-state index contributed by atoms with van der Waals surface area (Å²) >= 11 is 1.87. The molecule has 1 aliphatic rings. The lowest BCUT2D eigenvalue weighted by Crippen LogP contribution is -2.48. The van der Waals surface area contributed by atoms with E-state index in [0.717, 1.165) is 12.5 Å². The van der Waals surface area contributed by atoms with Gasteiger partial charge in [0.2, 0.25) is 0 Å². The summed E-state index contributed by atoms with van der Waals surface area (Å²) in [5, 5.41) is 2.18. The summed E-state index contributed by atoms with van der Waals surface area (Å²) in [6.45, 7) is 9.18. The number of piperidine rings is 1. The molecule has 17 heavy (non-hydrogen) atoms. The molecular weight excluding hydrogens is 228 g/mol. The zero-order valence-corrected chi connectivity index (χ0v) is 11.9. The van der Waals surface area contributed by atoms with E-state index in [4.69, 9.17) is 5.73 Å². The van der Waals surface area contributed by atoms with Crippen LogP contribution in [0.15, 0.2) is 17.5 Å². The highest BCUT2D eigenvalue weighted by Gasteiger charge is 2.30. The third-order valence-corrected chi connectivity index (χ3v) is 4.52. The minimum atomic E-state index is 0.347. The average molecular weight is 252 g/mol. The lowest BCUT2D eigenvalue weighted by atomic mass is 9.92. The van der Waals surface area contributed by atoms with Gasteiger partial charge in [0.05, 0.1) is 0 Å². The van der Waals surface area contributed by atoms with Gasteiger partial charge in [-0.25, -0.2) is 0 Å². The van der Waals surface area contributed by atoms with Crippen molar-refractivity contribution in [3.8, 4) is 0 Å². The Morgan fingerprint density at radius 1 is 1.41 bits per heavy atom. The van der Waals surface area contributed by atoms with E-state index in [1.54, 1.807) is 0 Å². The minimum absolute atomic E-state index is 0.347. The summed E-state index contributed by atoms with van der Waals surface area (Å²) in [5.74, 6) is 1.37. The van der Waals surface area contributed by atoms with Gasteiger partial charge in [-0.3, -0.25) is 4.90 Å². The summed E-state index contributed by atoms with van der Waals surface area (Å²) in [4.78, 5) is 4.08. The van der Waals surface area contributed by atoms with Gasteiger partial charge in [0.15, 0.2) is 0 Å². The molecule has 1 saturated heterocycles. The lowest BCUT2D eigenvalue weighted by molar-refractivity contribution is 0.0913. The van der Waals surface area contributed by atoms with Crippen LogP contribution in [0, 0.1) is 11.8 Å². The Kier molecular flexibility index (Phi) is 4.23. The van der Waals surface area contributed by atoms with Gasteiger partial charge in [-0.05, 0) is 29.7 Å². The van der Waals surface area contributed by atoms with Crippen LogP contribution >= 0.6 is 11.3 Å². The van der Waals surface area contributed by atoms with Crippen molar-refractivity contribution in [3.05, 3.63) is 22.4 Å². The first-order chi connectivity index (χ1) is 8.08. The molecule has 1 aromatic rings. The van der Waals surface area contributed by atoms with Crippen molar-refractivity contribution in [2.24, 2.45) is 17.6 Å². The van der Waals surface area contributed by atoms with Crippen LogP contribution < -0.4 is 5.73 Å². The Morgan fingerprint density at radius 2 is 2.18 bits per heavy atom. The molecule has 2 N–H and O–H groups in total. The van der Waals surface area contributed by atoms with Gasteiger partial charge in [-0.1, -0.05) is 26.8 Å². The monoisotopic (exact) mass is 252 g/mol. The van der Waals surface area contributed by atoms with Gasteiger partial charge in [-0.2, -0.15) is 0 Å². The molecule has 0 aliphatic carbocycles. The first-order valence-electron chi connectivity index (χ1n) is 6.61.